The van der Waals surface area contributed by atoms with E-state index in [9.17, 15) is 0 Å². The number of thiophene rings is 1. The quantitative estimate of drug-likeness (QED) is 0.354. The molecule has 0 aliphatic carbocycles. The molecule has 1 saturated heterocycles. The maximum Gasteiger partial charge on any atom is 0.229 e. The molecule has 0 bridgehead atoms. The van der Waals surface area contributed by atoms with Crippen molar-refractivity contribution in [3.05, 3.63) is 51.1 Å². The second-order valence-electron chi connectivity index (χ2n) is 7.92. The number of nitrogens with zero attached hydrogens (tertiary/aromatic N) is 6. The van der Waals surface area contributed by atoms with Gasteiger partial charge in [-0.3, -0.25) is 4.57 Å². The fourth-order valence-electron chi connectivity index (χ4n) is 4.01. The van der Waals surface area contributed by atoms with Gasteiger partial charge in [-0.05, 0) is 52.0 Å². The molecule has 1 fully saturated rings. The predicted molar refractivity (Wildman–Crippen MR) is 133 cm³/mol. The number of hydrogen-bond acceptors (Lipinski definition) is 8. The minimum atomic E-state index is 0.486. The van der Waals surface area contributed by atoms with E-state index >= 15 is 0 Å². The standard InChI is InChI=1S/C22H21BrN8OS/c1-13-8-15(23)18-16(9-13)26-17(27-18)10-24-20-19-21(31(12-25-19)14-2-7-33-11-14)29-22(28-20)30-3-5-32-6-4-30/h2,7-9,11-12H,3-6,10H2,1H3,(H,26,27)(H,24,28,29). The number of anilines is 2. The second kappa shape index (κ2) is 8.40. The highest BCUT2D eigenvalue weighted by Gasteiger charge is 2.20. The van der Waals surface area contributed by atoms with Crippen LogP contribution >= 0.6 is 27.3 Å². The smallest absolute Gasteiger partial charge is 0.229 e. The number of benzene rings is 1. The lowest BCUT2D eigenvalue weighted by atomic mass is 10.2. The molecule has 168 valence electrons. The Morgan fingerprint density at radius 2 is 2.06 bits per heavy atom. The lowest BCUT2D eigenvalue weighted by Gasteiger charge is -2.27. The van der Waals surface area contributed by atoms with Crippen molar-refractivity contribution in [2.24, 2.45) is 0 Å². The number of imidazole rings is 2. The third-order valence-corrected chi connectivity index (χ3v) is 6.89. The molecule has 4 aromatic heterocycles. The van der Waals surface area contributed by atoms with Crippen LogP contribution < -0.4 is 10.2 Å². The fraction of sp³-hybridized carbons (Fsp3) is 0.273. The highest BCUT2D eigenvalue weighted by atomic mass is 79.9. The van der Waals surface area contributed by atoms with Gasteiger partial charge < -0.3 is 19.9 Å². The van der Waals surface area contributed by atoms with Crippen molar-refractivity contribution in [1.29, 1.82) is 0 Å². The van der Waals surface area contributed by atoms with Gasteiger partial charge in [0.05, 0.1) is 31.0 Å². The van der Waals surface area contributed by atoms with Crippen LogP contribution in [0.5, 0.6) is 0 Å². The van der Waals surface area contributed by atoms with E-state index in [1.807, 2.05) is 9.95 Å². The number of H-pyrrole nitrogens is 1. The molecule has 1 aliphatic rings. The average Bonchev–Trinajstić information content (AvgIpc) is 3.57. The third kappa shape index (κ3) is 3.85. The Labute approximate surface area is 202 Å². The third-order valence-electron chi connectivity index (χ3n) is 5.62. The summed E-state index contributed by atoms with van der Waals surface area (Å²) in [5, 5.41) is 7.58. The van der Waals surface area contributed by atoms with E-state index < -0.39 is 0 Å². The van der Waals surface area contributed by atoms with Crippen LogP contribution in [0.1, 0.15) is 11.4 Å². The summed E-state index contributed by atoms with van der Waals surface area (Å²) in [5.41, 5.74) is 5.63. The van der Waals surface area contributed by atoms with Gasteiger partial charge in [0, 0.05) is 22.9 Å². The molecule has 0 atom stereocenters. The Morgan fingerprint density at radius 3 is 2.88 bits per heavy atom. The number of nitrogens with one attached hydrogen (secondary N) is 2. The van der Waals surface area contributed by atoms with Crippen molar-refractivity contribution < 1.29 is 4.74 Å². The van der Waals surface area contributed by atoms with E-state index in [1.54, 1.807) is 17.7 Å². The van der Waals surface area contributed by atoms with E-state index in [0.29, 0.717) is 31.5 Å². The number of halogens is 1. The highest BCUT2D eigenvalue weighted by molar-refractivity contribution is 9.10. The van der Waals surface area contributed by atoms with Gasteiger partial charge >= 0.3 is 0 Å². The van der Waals surface area contributed by atoms with Crippen molar-refractivity contribution in [3.63, 3.8) is 0 Å². The topological polar surface area (TPSA) is 96.8 Å². The van der Waals surface area contributed by atoms with Gasteiger partial charge in [0.15, 0.2) is 17.0 Å². The van der Waals surface area contributed by atoms with E-state index in [-0.39, 0.29) is 0 Å². The SMILES string of the molecule is Cc1cc(Br)c2nc(CNc3nc(N4CCOCC4)nc4c3ncn4-c3ccsc3)[nH]c2c1. The van der Waals surface area contributed by atoms with E-state index in [4.69, 9.17) is 19.7 Å². The number of aromatic amines is 1. The first kappa shape index (κ1) is 20.6. The van der Waals surface area contributed by atoms with Crippen LogP contribution in [0.2, 0.25) is 0 Å². The zero-order valence-corrected chi connectivity index (χ0v) is 20.3. The van der Waals surface area contributed by atoms with Crippen molar-refractivity contribution in [3.8, 4) is 5.69 Å². The molecule has 1 aromatic carbocycles. The maximum atomic E-state index is 5.51. The molecule has 9 nitrogen and oxygen atoms in total. The van der Waals surface area contributed by atoms with Crippen LogP contribution in [-0.4, -0.2) is 55.8 Å². The zero-order valence-electron chi connectivity index (χ0n) is 17.9. The molecular weight excluding hydrogens is 504 g/mol. The Kier molecular flexibility index (Phi) is 5.24. The van der Waals surface area contributed by atoms with Gasteiger partial charge in [-0.15, -0.1) is 0 Å². The zero-order chi connectivity index (χ0) is 22.4. The molecule has 0 unspecified atom stereocenters. The van der Waals surface area contributed by atoms with Crippen molar-refractivity contribution in [2.75, 3.05) is 36.5 Å². The van der Waals surface area contributed by atoms with E-state index in [2.05, 4.69) is 66.6 Å². The number of rotatable bonds is 5. The monoisotopic (exact) mass is 524 g/mol. The molecule has 5 aromatic rings. The van der Waals surface area contributed by atoms with Crippen LogP contribution in [-0.2, 0) is 11.3 Å². The lowest BCUT2D eigenvalue weighted by Crippen LogP contribution is -2.37. The van der Waals surface area contributed by atoms with Crippen LogP contribution in [0, 0.1) is 6.92 Å². The largest absolute Gasteiger partial charge is 0.378 e. The number of aryl methyl sites for hydroxylation is 1. The molecule has 33 heavy (non-hydrogen) atoms. The maximum absolute atomic E-state index is 5.51. The summed E-state index contributed by atoms with van der Waals surface area (Å²) in [7, 11) is 0. The number of aromatic nitrogens is 6. The number of ether oxygens (including phenoxy) is 1. The molecule has 1 aliphatic heterocycles. The van der Waals surface area contributed by atoms with Gasteiger partial charge in [-0.25, -0.2) is 9.97 Å². The molecule has 5 heterocycles. The summed E-state index contributed by atoms with van der Waals surface area (Å²) in [6.07, 6.45) is 1.80. The van der Waals surface area contributed by atoms with E-state index in [1.165, 1.54) is 5.56 Å². The summed E-state index contributed by atoms with van der Waals surface area (Å²) >= 11 is 5.26. The van der Waals surface area contributed by atoms with Crippen LogP contribution in [0.15, 0.2) is 39.8 Å². The first-order valence-electron chi connectivity index (χ1n) is 10.6. The molecule has 0 radical (unpaired) electrons. The van der Waals surface area contributed by atoms with Crippen LogP contribution in [0.4, 0.5) is 11.8 Å². The van der Waals surface area contributed by atoms with Crippen molar-refractivity contribution in [2.45, 2.75) is 13.5 Å². The molecule has 0 amide bonds. The molecule has 2 N–H and O–H groups in total. The molecular formula is C22H21BrN8OS. The summed E-state index contributed by atoms with van der Waals surface area (Å²) in [5.74, 6) is 2.19. The molecule has 0 saturated carbocycles. The van der Waals surface area contributed by atoms with E-state index in [0.717, 1.165) is 51.3 Å². The minimum absolute atomic E-state index is 0.486. The van der Waals surface area contributed by atoms with Gasteiger partial charge in [0.25, 0.3) is 0 Å². The number of hydrogen-bond donors (Lipinski definition) is 2. The summed E-state index contributed by atoms with van der Waals surface area (Å²) in [6.45, 7) is 5.41. The first-order valence-corrected chi connectivity index (χ1v) is 12.4. The average molecular weight is 525 g/mol. The Bertz CT molecular complexity index is 1440. The molecule has 0 spiro atoms. The fourth-order valence-corrected chi connectivity index (χ4v) is 5.30. The second-order valence-corrected chi connectivity index (χ2v) is 9.55. The van der Waals surface area contributed by atoms with Gasteiger partial charge in [-0.2, -0.15) is 21.3 Å². The van der Waals surface area contributed by atoms with Crippen LogP contribution in [0.3, 0.4) is 0 Å². The highest BCUT2D eigenvalue weighted by Crippen LogP contribution is 2.27. The normalized spacial score (nSPS) is 14.4. The summed E-state index contributed by atoms with van der Waals surface area (Å²) < 4.78 is 8.50. The molecule has 6 rings (SSSR count). The predicted octanol–water partition coefficient (Wildman–Crippen LogP) is 4.27. The summed E-state index contributed by atoms with van der Waals surface area (Å²) in [6, 6.07) is 6.22. The van der Waals surface area contributed by atoms with Gasteiger partial charge in [0.2, 0.25) is 5.95 Å². The van der Waals surface area contributed by atoms with Crippen molar-refractivity contribution >= 4 is 61.2 Å². The first-order chi connectivity index (χ1) is 16.2. The number of morpholine rings is 1. The molecule has 11 heteroatoms. The lowest BCUT2D eigenvalue weighted by molar-refractivity contribution is 0.122. The Balaban J connectivity index is 1.38. The Morgan fingerprint density at radius 1 is 1.18 bits per heavy atom. The van der Waals surface area contributed by atoms with Gasteiger partial charge in [-0.1, -0.05) is 0 Å². The number of fused-ring (bicyclic) bond motifs is 2. The minimum Gasteiger partial charge on any atom is -0.378 e. The van der Waals surface area contributed by atoms with Crippen LogP contribution in [0.25, 0.3) is 27.9 Å². The van der Waals surface area contributed by atoms with Crippen molar-refractivity contribution in [1.82, 2.24) is 29.5 Å². The Hall–Kier alpha value is -3.02. The van der Waals surface area contributed by atoms with Gasteiger partial charge in [0.1, 0.15) is 17.7 Å². The summed E-state index contributed by atoms with van der Waals surface area (Å²) in [4.78, 5) is 24.7.